The number of ether oxygens (including phenoxy) is 2. The molecule has 0 aliphatic heterocycles. The van der Waals surface area contributed by atoms with Crippen LogP contribution in [0.2, 0.25) is 0 Å². The van der Waals surface area contributed by atoms with Gasteiger partial charge in [-0.05, 0) is 101 Å². The number of hydrogen-bond acceptors (Lipinski definition) is 9. The van der Waals surface area contributed by atoms with E-state index in [2.05, 4.69) is 88.7 Å². The standard InChI is InChI=1S/C56H76N2O2S5/c1-7-13-17-19-21-23-32-59-53-49(46-28-25-34-61-46)51-52(58-65-57-51)50(54(53)60-33-24-22-20-18-14-8-2)47-30-29-45(63-47)48-38-44-43(37-40(12-6)27-16-10-4)55-41(31-35-62-55)42(56(44)64-48)36-39(11-5)26-15-9-3/h25,28-31,34-35,38-40H,7-24,26-27,32-33,36-37H2,1-6H3. The summed E-state index contributed by atoms with van der Waals surface area (Å²) in [4.78, 5) is 5.01. The lowest BCUT2D eigenvalue weighted by molar-refractivity contribution is 0.260. The summed E-state index contributed by atoms with van der Waals surface area (Å²) in [5.41, 5.74) is 7.11. The first-order chi connectivity index (χ1) is 32.0. The SMILES string of the molecule is CCCCCCCCOc1c(OCCCCCCCC)c(-c2ccc(-c3cc4c(CC(CC)CCCC)c5sccc5c(CC(CC)CCCC)c4s3)s2)c2nsnc2c1-c1cccs1. The van der Waals surface area contributed by atoms with Crippen molar-refractivity contribution in [2.45, 2.75) is 183 Å². The molecule has 0 amide bonds. The van der Waals surface area contributed by atoms with Crippen LogP contribution in [0.5, 0.6) is 11.5 Å². The van der Waals surface area contributed by atoms with E-state index in [0.29, 0.717) is 25.0 Å². The molecule has 0 bridgehead atoms. The maximum absolute atomic E-state index is 7.06. The van der Waals surface area contributed by atoms with Crippen LogP contribution < -0.4 is 9.47 Å². The van der Waals surface area contributed by atoms with Crippen molar-refractivity contribution in [1.29, 1.82) is 0 Å². The molecule has 0 saturated heterocycles. The molecule has 0 N–H and O–H groups in total. The van der Waals surface area contributed by atoms with Gasteiger partial charge in [-0.25, -0.2) is 0 Å². The fourth-order valence-corrected chi connectivity index (χ4v) is 14.4. The minimum atomic E-state index is 0.657. The van der Waals surface area contributed by atoms with E-state index >= 15 is 0 Å². The summed E-state index contributed by atoms with van der Waals surface area (Å²) < 4.78 is 27.2. The van der Waals surface area contributed by atoms with E-state index in [4.69, 9.17) is 18.2 Å². The van der Waals surface area contributed by atoms with Gasteiger partial charge in [-0.15, -0.1) is 45.3 Å². The summed E-state index contributed by atoms with van der Waals surface area (Å²) in [5.74, 6) is 3.10. The molecule has 5 aromatic heterocycles. The summed E-state index contributed by atoms with van der Waals surface area (Å²) in [5, 5.41) is 7.54. The lowest BCUT2D eigenvalue weighted by Gasteiger charge is -2.20. The molecular formula is C56H76N2O2S5. The Bertz CT molecular complexity index is 2400. The highest BCUT2D eigenvalue weighted by atomic mass is 32.1. The first-order valence-corrected chi connectivity index (χ1v) is 29.8. The minimum Gasteiger partial charge on any atom is -0.489 e. The predicted octanol–water partition coefficient (Wildman–Crippen LogP) is 20.2. The summed E-state index contributed by atoms with van der Waals surface area (Å²) in [6, 6.07) is 14.1. The summed E-state index contributed by atoms with van der Waals surface area (Å²) >= 11 is 8.95. The largest absolute Gasteiger partial charge is 0.489 e. The molecule has 0 spiro atoms. The van der Waals surface area contributed by atoms with Crippen LogP contribution in [0.3, 0.4) is 0 Å². The minimum absolute atomic E-state index is 0.657. The maximum atomic E-state index is 7.06. The monoisotopic (exact) mass is 968 g/mol. The van der Waals surface area contributed by atoms with Crippen LogP contribution in [-0.2, 0) is 12.8 Å². The van der Waals surface area contributed by atoms with Gasteiger partial charge in [-0.1, -0.05) is 163 Å². The number of thiophene rings is 4. The molecule has 5 heterocycles. The van der Waals surface area contributed by atoms with Crippen molar-refractivity contribution in [3.63, 3.8) is 0 Å². The van der Waals surface area contributed by atoms with Gasteiger partial charge in [0.2, 0.25) is 0 Å². The lowest BCUT2D eigenvalue weighted by atomic mass is 9.86. The first-order valence-electron chi connectivity index (χ1n) is 25.7. The summed E-state index contributed by atoms with van der Waals surface area (Å²) in [6.07, 6.45) is 27.2. The van der Waals surface area contributed by atoms with E-state index in [0.717, 1.165) is 64.2 Å². The number of fused-ring (bicyclic) bond motifs is 3. The van der Waals surface area contributed by atoms with Crippen LogP contribution in [0.1, 0.15) is 181 Å². The zero-order chi connectivity index (χ0) is 45.4. The van der Waals surface area contributed by atoms with Crippen LogP contribution in [0.4, 0.5) is 0 Å². The molecule has 2 aromatic carbocycles. The molecule has 0 saturated carbocycles. The Morgan fingerprint density at radius 1 is 0.492 bits per heavy atom. The molecule has 0 aliphatic rings. The topological polar surface area (TPSA) is 44.2 Å². The van der Waals surface area contributed by atoms with Gasteiger partial charge in [-0.3, -0.25) is 0 Å². The number of benzene rings is 2. The van der Waals surface area contributed by atoms with Crippen molar-refractivity contribution in [3.8, 4) is 42.1 Å². The van der Waals surface area contributed by atoms with Crippen molar-refractivity contribution >= 4 is 88.3 Å². The smallest absolute Gasteiger partial charge is 0.172 e. The number of unbranched alkanes of at least 4 members (excludes halogenated alkanes) is 12. The highest BCUT2D eigenvalue weighted by Crippen LogP contribution is 2.54. The van der Waals surface area contributed by atoms with Crippen molar-refractivity contribution in [3.05, 3.63) is 58.3 Å². The van der Waals surface area contributed by atoms with Crippen molar-refractivity contribution in [2.75, 3.05) is 13.2 Å². The van der Waals surface area contributed by atoms with Gasteiger partial charge in [0.05, 0.1) is 36.1 Å². The second kappa shape index (κ2) is 26.1. The molecule has 0 radical (unpaired) electrons. The van der Waals surface area contributed by atoms with Crippen molar-refractivity contribution in [1.82, 2.24) is 8.75 Å². The molecule has 0 fully saturated rings. The fourth-order valence-electron chi connectivity index (χ4n) is 9.69. The Morgan fingerprint density at radius 3 is 1.62 bits per heavy atom. The summed E-state index contributed by atoms with van der Waals surface area (Å²) in [7, 11) is 0. The molecule has 9 heteroatoms. The quantitative estimate of drug-likeness (QED) is 0.0407. The second-order valence-electron chi connectivity index (χ2n) is 18.5. The Morgan fingerprint density at radius 2 is 1.05 bits per heavy atom. The van der Waals surface area contributed by atoms with Crippen molar-refractivity contribution < 1.29 is 9.47 Å². The lowest BCUT2D eigenvalue weighted by Crippen LogP contribution is -2.06. The van der Waals surface area contributed by atoms with E-state index in [1.54, 1.807) is 22.5 Å². The van der Waals surface area contributed by atoms with Gasteiger partial charge in [0.25, 0.3) is 0 Å². The molecule has 352 valence electrons. The van der Waals surface area contributed by atoms with E-state index in [-0.39, 0.29) is 0 Å². The Labute approximate surface area is 411 Å². The zero-order valence-electron chi connectivity index (χ0n) is 40.5. The third-order valence-electron chi connectivity index (χ3n) is 13.6. The second-order valence-corrected chi connectivity index (χ2v) is 23.0. The van der Waals surface area contributed by atoms with Gasteiger partial charge >= 0.3 is 0 Å². The molecular weight excluding hydrogens is 893 g/mol. The van der Waals surface area contributed by atoms with Gasteiger partial charge in [0, 0.05) is 28.9 Å². The average molecular weight is 970 g/mol. The summed E-state index contributed by atoms with van der Waals surface area (Å²) in [6.45, 7) is 15.4. The van der Waals surface area contributed by atoms with E-state index < -0.39 is 0 Å². The van der Waals surface area contributed by atoms with Crippen LogP contribution in [0, 0.1) is 11.8 Å². The average Bonchev–Trinajstić information content (AvgIpc) is 4.19. The van der Waals surface area contributed by atoms with E-state index in [9.17, 15) is 0 Å². The molecule has 7 aromatic rings. The Hall–Kier alpha value is -2.82. The van der Waals surface area contributed by atoms with Crippen molar-refractivity contribution in [2.24, 2.45) is 11.8 Å². The van der Waals surface area contributed by atoms with Crippen LogP contribution >= 0.6 is 57.1 Å². The van der Waals surface area contributed by atoms with Gasteiger partial charge in [-0.2, -0.15) is 8.75 Å². The molecule has 4 nitrogen and oxygen atoms in total. The third-order valence-corrected chi connectivity index (χ3v) is 18.5. The van der Waals surface area contributed by atoms with Crippen LogP contribution in [0.15, 0.2) is 47.2 Å². The predicted molar refractivity (Wildman–Crippen MR) is 292 cm³/mol. The zero-order valence-corrected chi connectivity index (χ0v) is 44.6. The maximum Gasteiger partial charge on any atom is 0.172 e. The Kier molecular flexibility index (Phi) is 20.1. The Balaban J connectivity index is 1.33. The van der Waals surface area contributed by atoms with Gasteiger partial charge in [0.15, 0.2) is 11.5 Å². The van der Waals surface area contributed by atoms with E-state index in [1.807, 2.05) is 34.0 Å². The molecule has 7 rings (SSSR count). The van der Waals surface area contributed by atoms with Gasteiger partial charge in [0.1, 0.15) is 11.0 Å². The number of hydrogen-bond donors (Lipinski definition) is 0. The third kappa shape index (κ3) is 12.5. The molecule has 2 unspecified atom stereocenters. The fraction of sp³-hybridized carbons (Fsp3) is 0.571. The number of aromatic nitrogens is 2. The van der Waals surface area contributed by atoms with E-state index in [1.165, 1.54) is 162 Å². The molecule has 2 atom stereocenters. The molecule has 0 aliphatic carbocycles. The number of nitrogens with zero attached hydrogens (tertiary/aromatic N) is 2. The van der Waals surface area contributed by atoms with Crippen LogP contribution in [-0.4, -0.2) is 22.0 Å². The normalized spacial score (nSPS) is 12.9. The highest BCUT2D eigenvalue weighted by Gasteiger charge is 2.29. The number of rotatable bonds is 31. The van der Waals surface area contributed by atoms with Crippen LogP contribution in [0.25, 0.3) is 61.8 Å². The molecule has 65 heavy (non-hydrogen) atoms. The highest BCUT2D eigenvalue weighted by molar-refractivity contribution is 7.27. The first kappa shape index (κ1) is 50.1. The van der Waals surface area contributed by atoms with Gasteiger partial charge < -0.3 is 9.47 Å².